The van der Waals surface area contributed by atoms with E-state index in [0.29, 0.717) is 18.0 Å². The number of aromatic nitrogens is 2. The van der Waals surface area contributed by atoms with Gasteiger partial charge >= 0.3 is 0 Å². The standard InChI is InChI=1S/C14H26N4/c1-4-12(3)18-6-5-14(16-18)10-17-8-11(2)7-13(15)9-17/h5-6,11-13H,4,7-10,15H2,1-3H3. The monoisotopic (exact) mass is 250 g/mol. The second-order valence-electron chi connectivity index (χ2n) is 5.84. The topological polar surface area (TPSA) is 47.1 Å². The highest BCUT2D eigenvalue weighted by molar-refractivity contribution is 5.00. The lowest BCUT2D eigenvalue weighted by molar-refractivity contribution is 0.156. The van der Waals surface area contributed by atoms with Crippen LogP contribution in [0.2, 0.25) is 0 Å². The number of hydrogen-bond donors (Lipinski definition) is 1. The molecule has 3 unspecified atom stereocenters. The van der Waals surface area contributed by atoms with E-state index < -0.39 is 0 Å². The van der Waals surface area contributed by atoms with E-state index in [9.17, 15) is 0 Å². The molecule has 0 aliphatic carbocycles. The summed E-state index contributed by atoms with van der Waals surface area (Å²) >= 11 is 0. The van der Waals surface area contributed by atoms with E-state index >= 15 is 0 Å². The molecule has 18 heavy (non-hydrogen) atoms. The van der Waals surface area contributed by atoms with Gasteiger partial charge < -0.3 is 5.73 Å². The van der Waals surface area contributed by atoms with Crippen LogP contribution in [-0.2, 0) is 6.54 Å². The number of nitrogens with two attached hydrogens (primary N) is 1. The SMILES string of the molecule is CCC(C)n1ccc(CN2CC(C)CC(N)C2)n1. The molecule has 102 valence electrons. The van der Waals surface area contributed by atoms with E-state index in [1.807, 2.05) is 0 Å². The average Bonchev–Trinajstić information content (AvgIpc) is 2.75. The summed E-state index contributed by atoms with van der Waals surface area (Å²) in [6, 6.07) is 2.95. The Labute approximate surface area is 110 Å². The summed E-state index contributed by atoms with van der Waals surface area (Å²) in [5, 5.41) is 4.66. The third-order valence-corrected chi connectivity index (χ3v) is 3.86. The molecule has 1 aliphatic rings. The molecule has 2 rings (SSSR count). The van der Waals surface area contributed by atoms with Crippen molar-refractivity contribution in [2.24, 2.45) is 11.7 Å². The highest BCUT2D eigenvalue weighted by atomic mass is 15.3. The van der Waals surface area contributed by atoms with Gasteiger partial charge in [-0.25, -0.2) is 0 Å². The molecule has 0 spiro atoms. The average molecular weight is 250 g/mol. The fraction of sp³-hybridized carbons (Fsp3) is 0.786. The van der Waals surface area contributed by atoms with Crippen molar-refractivity contribution < 1.29 is 0 Å². The predicted octanol–water partition coefficient (Wildman–Crippen LogP) is 2.02. The van der Waals surface area contributed by atoms with Crippen LogP contribution in [-0.4, -0.2) is 33.8 Å². The van der Waals surface area contributed by atoms with Gasteiger partial charge in [0.2, 0.25) is 0 Å². The maximum absolute atomic E-state index is 6.08. The van der Waals surface area contributed by atoms with Gasteiger partial charge in [0, 0.05) is 37.9 Å². The van der Waals surface area contributed by atoms with Crippen molar-refractivity contribution in [1.29, 1.82) is 0 Å². The van der Waals surface area contributed by atoms with Gasteiger partial charge in [-0.1, -0.05) is 13.8 Å². The molecule has 2 heterocycles. The van der Waals surface area contributed by atoms with Crippen LogP contribution in [0.5, 0.6) is 0 Å². The molecule has 0 amide bonds. The van der Waals surface area contributed by atoms with Gasteiger partial charge in [-0.15, -0.1) is 0 Å². The minimum absolute atomic E-state index is 0.324. The van der Waals surface area contributed by atoms with Gasteiger partial charge in [0.15, 0.2) is 0 Å². The fourth-order valence-electron chi connectivity index (χ4n) is 2.77. The largest absolute Gasteiger partial charge is 0.327 e. The van der Waals surface area contributed by atoms with Crippen molar-refractivity contribution in [3.63, 3.8) is 0 Å². The van der Waals surface area contributed by atoms with E-state index in [4.69, 9.17) is 5.73 Å². The van der Waals surface area contributed by atoms with Gasteiger partial charge in [-0.05, 0) is 31.7 Å². The Bertz CT molecular complexity index is 364. The lowest BCUT2D eigenvalue weighted by Crippen LogP contribution is -2.45. The van der Waals surface area contributed by atoms with Crippen molar-refractivity contribution in [2.45, 2.75) is 52.2 Å². The first-order valence-corrected chi connectivity index (χ1v) is 7.10. The zero-order chi connectivity index (χ0) is 13.1. The Morgan fingerprint density at radius 3 is 2.94 bits per heavy atom. The number of rotatable bonds is 4. The van der Waals surface area contributed by atoms with Crippen molar-refractivity contribution in [3.05, 3.63) is 18.0 Å². The van der Waals surface area contributed by atoms with Gasteiger partial charge in [-0.2, -0.15) is 5.10 Å². The Balaban J connectivity index is 1.94. The molecule has 4 nitrogen and oxygen atoms in total. The maximum Gasteiger partial charge on any atom is 0.0764 e. The second-order valence-corrected chi connectivity index (χ2v) is 5.84. The van der Waals surface area contributed by atoms with E-state index in [-0.39, 0.29) is 0 Å². The Morgan fingerprint density at radius 2 is 2.28 bits per heavy atom. The summed E-state index contributed by atoms with van der Waals surface area (Å²) in [7, 11) is 0. The molecule has 1 aromatic rings. The van der Waals surface area contributed by atoms with Crippen LogP contribution in [0.3, 0.4) is 0 Å². The predicted molar refractivity (Wildman–Crippen MR) is 74.3 cm³/mol. The minimum atomic E-state index is 0.324. The van der Waals surface area contributed by atoms with Crippen molar-refractivity contribution >= 4 is 0 Å². The first-order chi connectivity index (χ1) is 8.58. The summed E-state index contributed by atoms with van der Waals surface area (Å²) < 4.78 is 2.07. The van der Waals surface area contributed by atoms with Gasteiger partial charge in [-0.3, -0.25) is 9.58 Å². The molecule has 0 bridgehead atoms. The third-order valence-electron chi connectivity index (χ3n) is 3.86. The lowest BCUT2D eigenvalue weighted by Gasteiger charge is -2.34. The van der Waals surface area contributed by atoms with Crippen LogP contribution in [0.4, 0.5) is 0 Å². The lowest BCUT2D eigenvalue weighted by atomic mass is 9.96. The molecular formula is C14H26N4. The summed E-state index contributed by atoms with van der Waals surface area (Å²) in [5.41, 5.74) is 7.24. The molecule has 0 aromatic carbocycles. The van der Waals surface area contributed by atoms with Crippen molar-refractivity contribution in [2.75, 3.05) is 13.1 Å². The number of hydrogen-bond acceptors (Lipinski definition) is 3. The number of nitrogens with zero attached hydrogens (tertiary/aromatic N) is 3. The van der Waals surface area contributed by atoms with E-state index in [2.05, 4.69) is 47.7 Å². The molecule has 0 saturated carbocycles. The third kappa shape index (κ3) is 3.33. The molecule has 3 atom stereocenters. The van der Waals surface area contributed by atoms with Crippen molar-refractivity contribution in [1.82, 2.24) is 14.7 Å². The number of piperidine rings is 1. The summed E-state index contributed by atoms with van der Waals surface area (Å²) in [6.45, 7) is 9.75. The fourth-order valence-corrected chi connectivity index (χ4v) is 2.77. The summed E-state index contributed by atoms with van der Waals surface area (Å²) in [5.74, 6) is 0.699. The zero-order valence-corrected chi connectivity index (χ0v) is 11.8. The molecule has 1 saturated heterocycles. The van der Waals surface area contributed by atoms with E-state index in [0.717, 1.165) is 38.2 Å². The highest BCUT2D eigenvalue weighted by Crippen LogP contribution is 2.17. The Hall–Kier alpha value is -0.870. The van der Waals surface area contributed by atoms with Crippen LogP contribution >= 0.6 is 0 Å². The van der Waals surface area contributed by atoms with Crippen LogP contribution in [0, 0.1) is 5.92 Å². The molecule has 1 aromatic heterocycles. The van der Waals surface area contributed by atoms with Gasteiger partial charge in [0.25, 0.3) is 0 Å². The van der Waals surface area contributed by atoms with E-state index in [1.54, 1.807) is 0 Å². The molecule has 1 fully saturated rings. The quantitative estimate of drug-likeness (QED) is 0.889. The van der Waals surface area contributed by atoms with Crippen LogP contribution in [0.25, 0.3) is 0 Å². The summed E-state index contributed by atoms with van der Waals surface area (Å²) in [6.07, 6.45) is 4.36. The smallest absolute Gasteiger partial charge is 0.0764 e. The maximum atomic E-state index is 6.08. The van der Waals surface area contributed by atoms with E-state index in [1.165, 1.54) is 0 Å². The van der Waals surface area contributed by atoms with Crippen molar-refractivity contribution in [3.8, 4) is 0 Å². The Morgan fingerprint density at radius 1 is 1.50 bits per heavy atom. The van der Waals surface area contributed by atoms with Crippen LogP contribution in [0.1, 0.15) is 45.3 Å². The highest BCUT2D eigenvalue weighted by Gasteiger charge is 2.22. The second kappa shape index (κ2) is 5.85. The minimum Gasteiger partial charge on any atom is -0.327 e. The van der Waals surface area contributed by atoms with Crippen LogP contribution < -0.4 is 5.73 Å². The molecule has 0 radical (unpaired) electrons. The van der Waals surface area contributed by atoms with Gasteiger partial charge in [0.1, 0.15) is 0 Å². The van der Waals surface area contributed by atoms with Gasteiger partial charge in [0.05, 0.1) is 5.69 Å². The Kier molecular flexibility index (Phi) is 4.40. The summed E-state index contributed by atoms with van der Waals surface area (Å²) in [4.78, 5) is 2.43. The first kappa shape index (κ1) is 13.6. The zero-order valence-electron chi connectivity index (χ0n) is 11.8. The molecular weight excluding hydrogens is 224 g/mol. The normalized spacial score (nSPS) is 27.3. The number of likely N-dealkylation sites (tertiary alicyclic amines) is 1. The van der Waals surface area contributed by atoms with Crippen LogP contribution in [0.15, 0.2) is 12.3 Å². The molecule has 1 aliphatic heterocycles. The first-order valence-electron chi connectivity index (χ1n) is 7.10. The molecule has 4 heteroatoms. The molecule has 2 N–H and O–H groups in total.